The number of hydrogen-bond donors (Lipinski definition) is 2. The maximum Gasteiger partial charge on any atom is 0.274 e. The predicted molar refractivity (Wildman–Crippen MR) is 116 cm³/mol. The first-order valence-corrected chi connectivity index (χ1v) is 8.47. The molecule has 0 saturated heterocycles. The van der Waals surface area contributed by atoms with Crippen LogP contribution in [0.5, 0.6) is 0 Å². The van der Waals surface area contributed by atoms with Gasteiger partial charge in [-0.05, 0) is 31.0 Å². The average molecular weight is 489 g/mol. The number of nitro benzene ring substituents is 1. The van der Waals surface area contributed by atoms with Crippen LogP contribution in [0.3, 0.4) is 0 Å². The van der Waals surface area contributed by atoms with E-state index in [1.165, 1.54) is 6.07 Å². The molecule has 26 heavy (non-hydrogen) atoms. The highest BCUT2D eigenvalue weighted by molar-refractivity contribution is 14.0. The van der Waals surface area contributed by atoms with E-state index in [1.54, 1.807) is 18.2 Å². The highest BCUT2D eigenvalue weighted by Gasteiger charge is 2.11. The van der Waals surface area contributed by atoms with Gasteiger partial charge in [-0.15, -0.1) is 24.0 Å². The van der Waals surface area contributed by atoms with E-state index < -0.39 is 0 Å². The number of nitro groups is 1. The van der Waals surface area contributed by atoms with Crippen LogP contribution in [0.25, 0.3) is 0 Å². The van der Waals surface area contributed by atoms with Crippen LogP contribution in [0.2, 0.25) is 5.02 Å². The van der Waals surface area contributed by atoms with Crippen molar-refractivity contribution in [2.45, 2.75) is 19.9 Å². The van der Waals surface area contributed by atoms with E-state index in [0.717, 1.165) is 17.0 Å². The zero-order valence-corrected chi connectivity index (χ0v) is 17.5. The van der Waals surface area contributed by atoms with Crippen molar-refractivity contribution in [1.29, 1.82) is 0 Å². The summed E-state index contributed by atoms with van der Waals surface area (Å²) in [6, 6.07) is 14.4. The maximum absolute atomic E-state index is 11.1. The third-order valence-electron chi connectivity index (χ3n) is 3.54. The molecule has 0 unspecified atom stereocenters. The Morgan fingerprint density at radius 1 is 1.19 bits per heavy atom. The SMILES string of the molecule is CCNC(=NCc1ccccc1[N+](=O)[O-])NCCc1cccc(Cl)c1.I. The van der Waals surface area contributed by atoms with Gasteiger partial charge in [0, 0.05) is 24.2 Å². The smallest absolute Gasteiger partial charge is 0.274 e. The number of benzene rings is 2. The molecule has 140 valence electrons. The molecule has 0 fully saturated rings. The largest absolute Gasteiger partial charge is 0.357 e. The minimum atomic E-state index is -0.385. The summed E-state index contributed by atoms with van der Waals surface area (Å²) in [4.78, 5) is 15.1. The molecule has 2 aromatic carbocycles. The minimum absolute atomic E-state index is 0. The Morgan fingerprint density at radius 3 is 2.65 bits per heavy atom. The molecular weight excluding hydrogens is 467 g/mol. The molecule has 2 aromatic rings. The van der Waals surface area contributed by atoms with Gasteiger partial charge in [0.25, 0.3) is 5.69 Å². The topological polar surface area (TPSA) is 79.6 Å². The lowest BCUT2D eigenvalue weighted by Crippen LogP contribution is -2.38. The number of nitrogens with zero attached hydrogens (tertiary/aromatic N) is 2. The van der Waals surface area contributed by atoms with Crippen LogP contribution in [-0.4, -0.2) is 24.0 Å². The van der Waals surface area contributed by atoms with E-state index in [9.17, 15) is 10.1 Å². The van der Waals surface area contributed by atoms with Gasteiger partial charge in [0.1, 0.15) is 0 Å². The summed E-state index contributed by atoms with van der Waals surface area (Å²) in [6.07, 6.45) is 0.802. The lowest BCUT2D eigenvalue weighted by molar-refractivity contribution is -0.385. The van der Waals surface area contributed by atoms with Crippen LogP contribution in [0.15, 0.2) is 53.5 Å². The molecule has 0 amide bonds. The highest BCUT2D eigenvalue weighted by atomic mass is 127. The second-order valence-corrected chi connectivity index (χ2v) is 5.82. The molecule has 0 spiro atoms. The van der Waals surface area contributed by atoms with Crippen LogP contribution >= 0.6 is 35.6 Å². The van der Waals surface area contributed by atoms with Crippen molar-refractivity contribution in [1.82, 2.24) is 10.6 Å². The number of halogens is 2. The fraction of sp³-hybridized carbons (Fsp3) is 0.278. The first kappa shape index (κ1) is 22.2. The predicted octanol–water partition coefficient (Wildman–Crippen LogP) is 4.16. The summed E-state index contributed by atoms with van der Waals surface area (Å²) in [7, 11) is 0. The Hall–Kier alpha value is -1.87. The van der Waals surface area contributed by atoms with Gasteiger partial charge < -0.3 is 10.6 Å². The van der Waals surface area contributed by atoms with Gasteiger partial charge in [-0.25, -0.2) is 4.99 Å². The van der Waals surface area contributed by atoms with Crippen molar-refractivity contribution in [3.63, 3.8) is 0 Å². The second kappa shape index (κ2) is 11.7. The van der Waals surface area contributed by atoms with Crippen molar-refractivity contribution in [2.75, 3.05) is 13.1 Å². The van der Waals surface area contributed by atoms with Gasteiger partial charge >= 0.3 is 0 Å². The second-order valence-electron chi connectivity index (χ2n) is 5.39. The number of hydrogen-bond acceptors (Lipinski definition) is 3. The van der Waals surface area contributed by atoms with Crippen LogP contribution in [0.4, 0.5) is 5.69 Å². The Labute approximate surface area is 175 Å². The van der Waals surface area contributed by atoms with Crippen LogP contribution < -0.4 is 10.6 Å². The maximum atomic E-state index is 11.1. The molecular formula is C18H22ClIN4O2. The number of aliphatic imine (C=N–C) groups is 1. The first-order chi connectivity index (χ1) is 12.1. The molecule has 0 aliphatic carbocycles. The van der Waals surface area contributed by atoms with Gasteiger partial charge in [0.2, 0.25) is 0 Å². The molecule has 0 bridgehead atoms. The first-order valence-electron chi connectivity index (χ1n) is 8.09. The normalized spacial score (nSPS) is 10.8. The molecule has 2 N–H and O–H groups in total. The standard InChI is InChI=1S/C18H21ClN4O2.HI/c1-2-20-18(21-11-10-14-6-5-8-16(19)12-14)22-13-15-7-3-4-9-17(15)23(24)25;/h3-9,12H,2,10-11,13H2,1H3,(H2,20,21,22);1H. The number of rotatable bonds is 7. The molecule has 2 rings (SSSR count). The molecule has 6 nitrogen and oxygen atoms in total. The van der Waals surface area contributed by atoms with Gasteiger partial charge in [-0.1, -0.05) is 41.9 Å². The summed E-state index contributed by atoms with van der Waals surface area (Å²) < 4.78 is 0. The van der Waals surface area contributed by atoms with E-state index in [1.807, 2.05) is 31.2 Å². The molecule has 0 aliphatic rings. The Morgan fingerprint density at radius 2 is 1.96 bits per heavy atom. The van der Waals surface area contributed by atoms with Gasteiger partial charge in [0.05, 0.1) is 17.0 Å². The Balaban J connectivity index is 0.00000338. The zero-order valence-electron chi connectivity index (χ0n) is 14.4. The fourth-order valence-corrected chi connectivity index (χ4v) is 2.56. The van der Waals surface area contributed by atoms with Crippen molar-refractivity contribution < 1.29 is 4.92 Å². The Kier molecular flexibility index (Phi) is 9.97. The van der Waals surface area contributed by atoms with E-state index in [2.05, 4.69) is 15.6 Å². The monoisotopic (exact) mass is 488 g/mol. The zero-order chi connectivity index (χ0) is 18.1. The van der Waals surface area contributed by atoms with E-state index >= 15 is 0 Å². The summed E-state index contributed by atoms with van der Waals surface area (Å²) in [5.41, 5.74) is 1.80. The van der Waals surface area contributed by atoms with Crippen LogP contribution in [-0.2, 0) is 13.0 Å². The lowest BCUT2D eigenvalue weighted by Gasteiger charge is -2.11. The van der Waals surface area contributed by atoms with Crippen molar-refractivity contribution in [2.24, 2.45) is 4.99 Å². The third kappa shape index (κ3) is 7.17. The molecule has 8 heteroatoms. The van der Waals surface area contributed by atoms with Crippen molar-refractivity contribution in [3.8, 4) is 0 Å². The average Bonchev–Trinajstić information content (AvgIpc) is 2.60. The minimum Gasteiger partial charge on any atom is -0.357 e. The quantitative estimate of drug-likeness (QED) is 0.202. The molecule has 0 radical (unpaired) electrons. The molecule has 0 saturated carbocycles. The summed E-state index contributed by atoms with van der Waals surface area (Å²) >= 11 is 5.98. The fourth-order valence-electron chi connectivity index (χ4n) is 2.35. The molecule has 0 aliphatic heterocycles. The van der Waals surface area contributed by atoms with Gasteiger partial charge in [0.15, 0.2) is 5.96 Å². The highest BCUT2D eigenvalue weighted by Crippen LogP contribution is 2.18. The Bertz CT molecular complexity index is 755. The lowest BCUT2D eigenvalue weighted by atomic mass is 10.1. The van der Waals surface area contributed by atoms with Gasteiger partial charge in [-0.2, -0.15) is 0 Å². The van der Waals surface area contributed by atoms with Crippen LogP contribution in [0, 0.1) is 10.1 Å². The van der Waals surface area contributed by atoms with Crippen LogP contribution in [0.1, 0.15) is 18.1 Å². The summed E-state index contributed by atoms with van der Waals surface area (Å²) in [5, 5.41) is 18.2. The molecule has 0 aromatic heterocycles. The summed E-state index contributed by atoms with van der Waals surface area (Å²) in [6.45, 7) is 3.60. The number of nitrogens with one attached hydrogen (secondary N) is 2. The van der Waals surface area contributed by atoms with Gasteiger partial charge in [-0.3, -0.25) is 10.1 Å². The van der Waals surface area contributed by atoms with Crippen molar-refractivity contribution >= 4 is 47.2 Å². The third-order valence-corrected chi connectivity index (χ3v) is 3.77. The summed E-state index contributed by atoms with van der Waals surface area (Å²) in [5.74, 6) is 0.627. The molecule has 0 atom stereocenters. The van der Waals surface area contributed by atoms with E-state index in [-0.39, 0.29) is 41.1 Å². The molecule has 0 heterocycles. The number of guanidine groups is 1. The number of para-hydroxylation sites is 1. The van der Waals surface area contributed by atoms with Crippen molar-refractivity contribution in [3.05, 3.63) is 74.8 Å². The van der Waals surface area contributed by atoms with E-state index in [4.69, 9.17) is 11.6 Å². The van der Waals surface area contributed by atoms with E-state index in [0.29, 0.717) is 24.6 Å².